The lowest BCUT2D eigenvalue weighted by Gasteiger charge is -2.05. The van der Waals surface area contributed by atoms with Gasteiger partial charge in [0.25, 0.3) is 0 Å². The van der Waals surface area contributed by atoms with E-state index in [1.54, 1.807) is 12.3 Å². The number of aryl methyl sites for hydroxylation is 1. The largest absolute Gasteiger partial charge is 0.462 e. The molecule has 0 saturated carbocycles. The van der Waals surface area contributed by atoms with E-state index in [1.807, 2.05) is 18.2 Å². The molecule has 0 N–H and O–H groups in total. The average Bonchev–Trinajstić information content (AvgIpc) is 2.43. The van der Waals surface area contributed by atoms with Crippen LogP contribution >= 0.6 is 35.6 Å². The zero-order valence-electron chi connectivity index (χ0n) is 11.1. The Kier molecular flexibility index (Phi) is 7.51. The van der Waals surface area contributed by atoms with Gasteiger partial charge in [-0.1, -0.05) is 29.3 Å². The van der Waals surface area contributed by atoms with E-state index in [1.165, 1.54) is 12.1 Å². The minimum absolute atomic E-state index is 0. The first-order valence-corrected chi connectivity index (χ1v) is 6.94. The number of nitrogens with zero attached hydrogens (tertiary/aromatic N) is 1. The van der Waals surface area contributed by atoms with Crippen LogP contribution in [0.25, 0.3) is 0 Å². The van der Waals surface area contributed by atoms with Gasteiger partial charge < -0.3 is 4.74 Å². The van der Waals surface area contributed by atoms with Gasteiger partial charge in [-0.3, -0.25) is 4.98 Å². The van der Waals surface area contributed by atoms with Crippen LogP contribution in [0.15, 0.2) is 42.6 Å². The normalized spacial score (nSPS) is 9.81. The SMILES string of the molecule is Cl.O=C(OCCCc1ccccn1)c1cc(Cl)cc(Cl)c1. The van der Waals surface area contributed by atoms with Crippen LogP contribution in [-0.4, -0.2) is 17.6 Å². The van der Waals surface area contributed by atoms with Gasteiger partial charge in [-0.2, -0.15) is 0 Å². The number of hydrogen-bond donors (Lipinski definition) is 0. The lowest BCUT2D eigenvalue weighted by atomic mass is 10.2. The summed E-state index contributed by atoms with van der Waals surface area (Å²) in [4.78, 5) is 16.0. The minimum Gasteiger partial charge on any atom is -0.462 e. The smallest absolute Gasteiger partial charge is 0.338 e. The van der Waals surface area contributed by atoms with Crippen molar-refractivity contribution in [2.75, 3.05) is 6.61 Å². The molecular formula is C15H14Cl3NO2. The van der Waals surface area contributed by atoms with Crippen molar-refractivity contribution in [1.29, 1.82) is 0 Å². The second-order valence-electron chi connectivity index (χ2n) is 4.22. The number of carbonyl (C=O) groups is 1. The Balaban J connectivity index is 0.00000220. The van der Waals surface area contributed by atoms with Crippen molar-refractivity contribution in [2.45, 2.75) is 12.8 Å². The van der Waals surface area contributed by atoms with Crippen LogP contribution in [-0.2, 0) is 11.2 Å². The third-order valence-electron chi connectivity index (χ3n) is 2.63. The maximum Gasteiger partial charge on any atom is 0.338 e. The van der Waals surface area contributed by atoms with Gasteiger partial charge in [0, 0.05) is 21.9 Å². The van der Waals surface area contributed by atoms with E-state index in [0.717, 1.165) is 18.5 Å². The van der Waals surface area contributed by atoms with E-state index in [4.69, 9.17) is 27.9 Å². The van der Waals surface area contributed by atoms with E-state index in [-0.39, 0.29) is 12.4 Å². The predicted octanol–water partition coefficient (Wildman–Crippen LogP) is 4.60. The van der Waals surface area contributed by atoms with Crippen molar-refractivity contribution in [2.24, 2.45) is 0 Å². The first-order valence-electron chi connectivity index (χ1n) is 6.18. The van der Waals surface area contributed by atoms with Crippen LogP contribution in [0, 0.1) is 0 Å². The third-order valence-corrected chi connectivity index (χ3v) is 3.07. The molecule has 0 atom stereocenters. The summed E-state index contributed by atoms with van der Waals surface area (Å²) in [5, 5.41) is 0.830. The van der Waals surface area contributed by atoms with Gasteiger partial charge in [-0.15, -0.1) is 12.4 Å². The Morgan fingerprint density at radius 1 is 1.14 bits per heavy atom. The summed E-state index contributed by atoms with van der Waals surface area (Å²) in [6.45, 7) is 0.333. The molecule has 0 saturated heterocycles. The van der Waals surface area contributed by atoms with Crippen molar-refractivity contribution in [1.82, 2.24) is 4.98 Å². The topological polar surface area (TPSA) is 39.2 Å². The number of ether oxygens (including phenoxy) is 1. The number of hydrogen-bond acceptors (Lipinski definition) is 3. The van der Waals surface area contributed by atoms with E-state index >= 15 is 0 Å². The molecule has 1 aromatic carbocycles. The van der Waals surface area contributed by atoms with Crippen LogP contribution in [0.5, 0.6) is 0 Å². The number of pyridine rings is 1. The predicted molar refractivity (Wildman–Crippen MR) is 86.6 cm³/mol. The van der Waals surface area contributed by atoms with Crippen LogP contribution in [0.3, 0.4) is 0 Å². The highest BCUT2D eigenvalue weighted by molar-refractivity contribution is 6.35. The molecule has 6 heteroatoms. The van der Waals surface area contributed by atoms with Crippen LogP contribution in [0.2, 0.25) is 10.0 Å². The Morgan fingerprint density at radius 3 is 2.48 bits per heavy atom. The molecule has 1 aromatic heterocycles. The standard InChI is InChI=1S/C15H13Cl2NO2.ClH/c16-12-8-11(9-13(17)10-12)15(19)20-7-3-5-14-4-1-2-6-18-14;/h1-2,4,6,8-10H,3,5,7H2;1H. The fraction of sp³-hybridized carbons (Fsp3) is 0.200. The van der Waals surface area contributed by atoms with Crippen LogP contribution < -0.4 is 0 Å². The molecule has 0 aliphatic rings. The monoisotopic (exact) mass is 345 g/mol. The molecule has 2 rings (SSSR count). The summed E-state index contributed by atoms with van der Waals surface area (Å²) < 4.78 is 5.18. The Hall–Kier alpha value is -1.29. The van der Waals surface area contributed by atoms with Crippen molar-refractivity contribution in [3.63, 3.8) is 0 Å². The van der Waals surface area contributed by atoms with Gasteiger partial charge in [-0.05, 0) is 43.2 Å². The molecule has 3 nitrogen and oxygen atoms in total. The summed E-state index contributed by atoms with van der Waals surface area (Å²) in [5.74, 6) is -0.421. The van der Waals surface area contributed by atoms with Crippen molar-refractivity contribution in [3.05, 3.63) is 63.9 Å². The van der Waals surface area contributed by atoms with Crippen molar-refractivity contribution >= 4 is 41.6 Å². The number of aromatic nitrogens is 1. The van der Waals surface area contributed by atoms with E-state index in [9.17, 15) is 4.79 Å². The number of rotatable bonds is 5. The number of benzene rings is 1. The highest BCUT2D eigenvalue weighted by atomic mass is 35.5. The van der Waals surface area contributed by atoms with Crippen LogP contribution in [0.1, 0.15) is 22.5 Å². The van der Waals surface area contributed by atoms with Gasteiger partial charge in [0.05, 0.1) is 12.2 Å². The molecule has 112 valence electrons. The molecule has 1 heterocycles. The molecule has 0 radical (unpaired) electrons. The first-order chi connectivity index (χ1) is 9.65. The number of halogens is 3. The summed E-state index contributed by atoms with van der Waals surface area (Å²) in [6, 6.07) is 10.4. The number of esters is 1. The lowest BCUT2D eigenvalue weighted by Crippen LogP contribution is -2.07. The molecule has 0 unspecified atom stereocenters. The first kappa shape index (κ1) is 17.8. The summed E-state index contributed by atoms with van der Waals surface area (Å²) in [6.07, 6.45) is 3.23. The van der Waals surface area contributed by atoms with Gasteiger partial charge >= 0.3 is 5.97 Å². The van der Waals surface area contributed by atoms with Gasteiger partial charge in [0.2, 0.25) is 0 Å². The quantitative estimate of drug-likeness (QED) is 0.586. The average molecular weight is 347 g/mol. The second kappa shape index (κ2) is 8.88. The highest BCUT2D eigenvalue weighted by Gasteiger charge is 2.09. The second-order valence-corrected chi connectivity index (χ2v) is 5.09. The van der Waals surface area contributed by atoms with Crippen molar-refractivity contribution in [3.8, 4) is 0 Å². The zero-order valence-corrected chi connectivity index (χ0v) is 13.4. The van der Waals surface area contributed by atoms with E-state index < -0.39 is 5.97 Å². The molecule has 0 fully saturated rings. The summed E-state index contributed by atoms with van der Waals surface area (Å²) >= 11 is 11.7. The van der Waals surface area contributed by atoms with E-state index in [0.29, 0.717) is 22.2 Å². The minimum atomic E-state index is -0.421. The summed E-state index contributed by atoms with van der Waals surface area (Å²) in [5.41, 5.74) is 1.34. The lowest BCUT2D eigenvalue weighted by molar-refractivity contribution is 0.0500. The Morgan fingerprint density at radius 2 is 1.86 bits per heavy atom. The zero-order chi connectivity index (χ0) is 14.4. The van der Waals surface area contributed by atoms with Gasteiger partial charge in [0.15, 0.2) is 0 Å². The number of carbonyl (C=O) groups excluding carboxylic acids is 1. The van der Waals surface area contributed by atoms with Crippen molar-refractivity contribution < 1.29 is 9.53 Å². The molecule has 0 bridgehead atoms. The molecule has 0 spiro atoms. The van der Waals surface area contributed by atoms with Gasteiger partial charge in [-0.25, -0.2) is 4.79 Å². The van der Waals surface area contributed by atoms with Gasteiger partial charge in [0.1, 0.15) is 0 Å². The van der Waals surface area contributed by atoms with Crippen LogP contribution in [0.4, 0.5) is 0 Å². The highest BCUT2D eigenvalue weighted by Crippen LogP contribution is 2.19. The Bertz CT molecular complexity index is 570. The fourth-order valence-corrected chi connectivity index (χ4v) is 2.25. The fourth-order valence-electron chi connectivity index (χ4n) is 1.72. The summed E-state index contributed by atoms with van der Waals surface area (Å²) in [7, 11) is 0. The maximum absolute atomic E-state index is 11.8. The molecule has 0 amide bonds. The molecule has 0 aliphatic carbocycles. The molecule has 21 heavy (non-hydrogen) atoms. The Labute approximate surface area is 139 Å². The molecule has 0 aliphatic heterocycles. The van der Waals surface area contributed by atoms with E-state index in [2.05, 4.69) is 4.98 Å². The molecule has 2 aromatic rings. The third kappa shape index (κ3) is 5.92. The molecular weight excluding hydrogens is 333 g/mol. The maximum atomic E-state index is 11.8.